The standard InChI is InChI=1S/C10H10BrFO/c1-6(2)10(13)8-5-7(11)3-4-9(8)12/h3-6H,1-2H3. The second kappa shape index (κ2) is 4.01. The van der Waals surface area contributed by atoms with Crippen LogP contribution in [0.4, 0.5) is 4.39 Å². The fourth-order valence-electron chi connectivity index (χ4n) is 0.997. The van der Waals surface area contributed by atoms with E-state index in [9.17, 15) is 9.18 Å². The van der Waals surface area contributed by atoms with E-state index in [1.54, 1.807) is 19.9 Å². The zero-order chi connectivity index (χ0) is 10.0. The minimum Gasteiger partial charge on any atom is -0.294 e. The number of halogens is 2. The summed E-state index contributed by atoms with van der Waals surface area (Å²) in [5.41, 5.74) is 0.157. The second-order valence-electron chi connectivity index (χ2n) is 3.14. The number of carbonyl (C=O) groups is 1. The van der Waals surface area contributed by atoms with Crippen LogP contribution in [0.25, 0.3) is 0 Å². The van der Waals surface area contributed by atoms with Crippen LogP contribution in [0.15, 0.2) is 22.7 Å². The van der Waals surface area contributed by atoms with E-state index >= 15 is 0 Å². The molecule has 0 N–H and O–H groups in total. The van der Waals surface area contributed by atoms with Crippen LogP contribution in [0.2, 0.25) is 0 Å². The van der Waals surface area contributed by atoms with Crippen LogP contribution in [-0.2, 0) is 0 Å². The fraction of sp³-hybridized carbons (Fsp3) is 0.300. The molecular weight excluding hydrogens is 235 g/mol. The van der Waals surface area contributed by atoms with Gasteiger partial charge >= 0.3 is 0 Å². The summed E-state index contributed by atoms with van der Waals surface area (Å²) in [6.07, 6.45) is 0. The molecule has 0 aromatic heterocycles. The monoisotopic (exact) mass is 244 g/mol. The first-order chi connectivity index (χ1) is 6.02. The Kier molecular flexibility index (Phi) is 3.20. The highest BCUT2D eigenvalue weighted by Crippen LogP contribution is 2.18. The number of hydrogen-bond acceptors (Lipinski definition) is 1. The maximum Gasteiger partial charge on any atom is 0.168 e. The third-order valence-electron chi connectivity index (χ3n) is 1.72. The molecule has 13 heavy (non-hydrogen) atoms. The van der Waals surface area contributed by atoms with E-state index < -0.39 is 5.82 Å². The Morgan fingerprint density at radius 1 is 1.46 bits per heavy atom. The Balaban J connectivity index is 3.13. The highest BCUT2D eigenvalue weighted by atomic mass is 79.9. The number of carbonyl (C=O) groups excluding carboxylic acids is 1. The molecule has 3 heteroatoms. The molecule has 1 nitrogen and oxygen atoms in total. The van der Waals surface area contributed by atoms with Crippen LogP contribution in [-0.4, -0.2) is 5.78 Å². The van der Waals surface area contributed by atoms with Gasteiger partial charge in [0.2, 0.25) is 0 Å². The molecule has 0 spiro atoms. The maximum atomic E-state index is 13.1. The van der Waals surface area contributed by atoms with E-state index in [0.29, 0.717) is 0 Å². The van der Waals surface area contributed by atoms with Gasteiger partial charge in [-0.25, -0.2) is 4.39 Å². The van der Waals surface area contributed by atoms with Gasteiger partial charge in [0.1, 0.15) is 5.82 Å². The highest BCUT2D eigenvalue weighted by molar-refractivity contribution is 9.10. The summed E-state index contributed by atoms with van der Waals surface area (Å²) in [6, 6.07) is 4.38. The molecule has 0 saturated carbocycles. The quantitative estimate of drug-likeness (QED) is 0.729. The summed E-state index contributed by atoms with van der Waals surface area (Å²) in [4.78, 5) is 11.5. The van der Waals surface area contributed by atoms with Gasteiger partial charge in [-0.2, -0.15) is 0 Å². The average molecular weight is 245 g/mol. The van der Waals surface area contributed by atoms with Crippen molar-refractivity contribution < 1.29 is 9.18 Å². The largest absolute Gasteiger partial charge is 0.294 e. The minimum atomic E-state index is -0.457. The second-order valence-corrected chi connectivity index (χ2v) is 4.06. The Morgan fingerprint density at radius 3 is 2.62 bits per heavy atom. The molecule has 0 aliphatic rings. The topological polar surface area (TPSA) is 17.1 Å². The van der Waals surface area contributed by atoms with Crippen molar-refractivity contribution >= 4 is 21.7 Å². The van der Waals surface area contributed by atoms with Gasteiger partial charge in [-0.1, -0.05) is 29.8 Å². The van der Waals surface area contributed by atoms with Crippen molar-refractivity contribution in [2.24, 2.45) is 5.92 Å². The van der Waals surface area contributed by atoms with E-state index in [2.05, 4.69) is 15.9 Å². The molecule has 0 fully saturated rings. The van der Waals surface area contributed by atoms with Gasteiger partial charge in [0.25, 0.3) is 0 Å². The van der Waals surface area contributed by atoms with Crippen molar-refractivity contribution in [3.63, 3.8) is 0 Å². The average Bonchev–Trinajstić information content (AvgIpc) is 2.08. The summed E-state index contributed by atoms with van der Waals surface area (Å²) >= 11 is 3.19. The normalized spacial score (nSPS) is 10.5. The van der Waals surface area contributed by atoms with Crippen LogP contribution in [0.1, 0.15) is 24.2 Å². The van der Waals surface area contributed by atoms with E-state index in [0.717, 1.165) is 4.47 Å². The van der Waals surface area contributed by atoms with E-state index in [1.807, 2.05) is 0 Å². The van der Waals surface area contributed by atoms with Crippen molar-refractivity contribution in [1.29, 1.82) is 0 Å². The number of Topliss-reactive ketones (excluding diaryl/α,β-unsaturated/α-hetero) is 1. The van der Waals surface area contributed by atoms with Crippen LogP contribution in [0, 0.1) is 11.7 Å². The predicted octanol–water partition coefficient (Wildman–Crippen LogP) is 3.43. The van der Waals surface area contributed by atoms with Gasteiger partial charge in [0.15, 0.2) is 5.78 Å². The van der Waals surface area contributed by atoms with Gasteiger partial charge in [0, 0.05) is 10.4 Å². The Hall–Kier alpha value is -0.700. The first-order valence-corrected chi connectivity index (χ1v) is 4.81. The smallest absolute Gasteiger partial charge is 0.168 e. The van der Waals surface area contributed by atoms with Crippen LogP contribution in [0.5, 0.6) is 0 Å². The zero-order valence-electron chi connectivity index (χ0n) is 7.47. The van der Waals surface area contributed by atoms with Crippen molar-refractivity contribution in [1.82, 2.24) is 0 Å². The molecule has 0 aliphatic heterocycles. The molecule has 0 radical (unpaired) electrons. The van der Waals surface area contributed by atoms with Gasteiger partial charge in [-0.15, -0.1) is 0 Å². The molecule has 0 heterocycles. The van der Waals surface area contributed by atoms with E-state index in [1.165, 1.54) is 12.1 Å². The summed E-state index contributed by atoms with van der Waals surface area (Å²) in [6.45, 7) is 3.51. The van der Waals surface area contributed by atoms with Gasteiger partial charge in [-0.3, -0.25) is 4.79 Å². The van der Waals surface area contributed by atoms with Crippen LogP contribution in [0.3, 0.4) is 0 Å². The van der Waals surface area contributed by atoms with Crippen LogP contribution >= 0.6 is 15.9 Å². The number of benzene rings is 1. The molecule has 0 bridgehead atoms. The third-order valence-corrected chi connectivity index (χ3v) is 2.21. The lowest BCUT2D eigenvalue weighted by atomic mass is 10.0. The molecule has 1 rings (SSSR count). The van der Waals surface area contributed by atoms with Gasteiger partial charge in [-0.05, 0) is 18.2 Å². The van der Waals surface area contributed by atoms with Crippen molar-refractivity contribution in [3.8, 4) is 0 Å². The summed E-state index contributed by atoms with van der Waals surface area (Å²) in [5.74, 6) is -0.801. The Labute approximate surface area is 85.1 Å². The number of ketones is 1. The Morgan fingerprint density at radius 2 is 2.08 bits per heavy atom. The highest BCUT2D eigenvalue weighted by Gasteiger charge is 2.14. The molecular formula is C10H10BrFO. The first-order valence-electron chi connectivity index (χ1n) is 4.01. The number of rotatable bonds is 2. The minimum absolute atomic E-state index is 0.157. The summed E-state index contributed by atoms with van der Waals surface area (Å²) in [5, 5.41) is 0. The molecule has 1 aromatic carbocycles. The molecule has 0 amide bonds. The zero-order valence-corrected chi connectivity index (χ0v) is 9.06. The maximum absolute atomic E-state index is 13.1. The van der Waals surface area contributed by atoms with E-state index in [-0.39, 0.29) is 17.3 Å². The number of hydrogen-bond donors (Lipinski definition) is 0. The van der Waals surface area contributed by atoms with Crippen molar-refractivity contribution in [2.75, 3.05) is 0 Å². The summed E-state index contributed by atoms with van der Waals surface area (Å²) < 4.78 is 13.9. The molecule has 1 aromatic rings. The lowest BCUT2D eigenvalue weighted by molar-refractivity contribution is 0.0935. The van der Waals surface area contributed by atoms with Gasteiger partial charge < -0.3 is 0 Å². The lowest BCUT2D eigenvalue weighted by Gasteiger charge is -2.05. The molecule has 70 valence electrons. The Bertz CT molecular complexity index is 334. The first kappa shape index (κ1) is 10.4. The summed E-state index contributed by atoms with van der Waals surface area (Å²) in [7, 11) is 0. The molecule has 0 aliphatic carbocycles. The van der Waals surface area contributed by atoms with Crippen LogP contribution < -0.4 is 0 Å². The molecule has 0 saturated heterocycles. The fourth-order valence-corrected chi connectivity index (χ4v) is 1.36. The molecule has 0 atom stereocenters. The van der Waals surface area contributed by atoms with Crippen molar-refractivity contribution in [2.45, 2.75) is 13.8 Å². The lowest BCUT2D eigenvalue weighted by Crippen LogP contribution is -2.09. The van der Waals surface area contributed by atoms with Crippen molar-refractivity contribution in [3.05, 3.63) is 34.1 Å². The SMILES string of the molecule is CC(C)C(=O)c1cc(Br)ccc1F. The van der Waals surface area contributed by atoms with E-state index in [4.69, 9.17) is 0 Å². The molecule has 0 unspecified atom stereocenters. The van der Waals surface area contributed by atoms with Gasteiger partial charge in [0.05, 0.1) is 5.56 Å². The third kappa shape index (κ3) is 2.37. The predicted molar refractivity (Wildman–Crippen MR) is 53.3 cm³/mol.